The number of nitrogens with one attached hydrogen (secondary N) is 2. The van der Waals surface area contributed by atoms with E-state index in [1.54, 1.807) is 0 Å². The van der Waals surface area contributed by atoms with Gasteiger partial charge in [0.05, 0.1) is 5.71 Å². The molecule has 1 aromatic carbocycles. The summed E-state index contributed by atoms with van der Waals surface area (Å²) in [5, 5.41) is 8.02. The van der Waals surface area contributed by atoms with Gasteiger partial charge in [0.1, 0.15) is 0 Å². The number of hydrazone groups is 1. The molecule has 0 saturated carbocycles. The van der Waals surface area contributed by atoms with Crippen LogP contribution >= 0.6 is 12.2 Å². The van der Waals surface area contributed by atoms with E-state index in [0.717, 1.165) is 11.3 Å². The van der Waals surface area contributed by atoms with Crippen molar-refractivity contribution in [1.82, 2.24) is 10.7 Å². The molecule has 0 aromatic heterocycles. The summed E-state index contributed by atoms with van der Waals surface area (Å²) in [7, 11) is 0. The summed E-state index contributed by atoms with van der Waals surface area (Å²) >= 11 is 5.18. The van der Waals surface area contributed by atoms with E-state index in [1.807, 2.05) is 20.8 Å². The van der Waals surface area contributed by atoms with E-state index in [1.165, 1.54) is 44.5 Å². The van der Waals surface area contributed by atoms with Crippen molar-refractivity contribution in [3.8, 4) is 0 Å². The quantitative estimate of drug-likeness (QED) is 0.501. The van der Waals surface area contributed by atoms with Gasteiger partial charge >= 0.3 is 0 Å². The number of hydrogen-bond acceptors (Lipinski definition) is 3. The van der Waals surface area contributed by atoms with Crippen LogP contribution in [0.1, 0.15) is 52.0 Å². The van der Waals surface area contributed by atoms with Crippen LogP contribution in [-0.4, -0.2) is 30.0 Å². The second-order valence-corrected chi connectivity index (χ2v) is 6.79. The third kappa shape index (κ3) is 5.82. The molecule has 2 N–H and O–H groups in total. The fourth-order valence-electron chi connectivity index (χ4n) is 2.74. The Hall–Kier alpha value is -1.62. The van der Waals surface area contributed by atoms with Crippen molar-refractivity contribution in [3.63, 3.8) is 0 Å². The fourth-order valence-corrected chi connectivity index (χ4v) is 3.02. The van der Waals surface area contributed by atoms with Crippen molar-refractivity contribution in [3.05, 3.63) is 29.8 Å². The Balaban J connectivity index is 1.96. The van der Waals surface area contributed by atoms with E-state index in [-0.39, 0.29) is 0 Å². The summed E-state index contributed by atoms with van der Waals surface area (Å²) in [5.41, 5.74) is 6.25. The Morgan fingerprint density at radius 1 is 1.09 bits per heavy atom. The van der Waals surface area contributed by atoms with Gasteiger partial charge in [0.25, 0.3) is 0 Å². The molecule has 0 aliphatic carbocycles. The van der Waals surface area contributed by atoms with Crippen LogP contribution in [0.5, 0.6) is 0 Å². The normalized spacial score (nSPS) is 16.2. The molecule has 0 spiro atoms. The Kier molecular flexibility index (Phi) is 6.84. The molecule has 0 amide bonds. The Morgan fingerprint density at radius 2 is 1.70 bits per heavy atom. The van der Waals surface area contributed by atoms with Gasteiger partial charge in [-0.3, -0.25) is 5.43 Å². The van der Waals surface area contributed by atoms with Crippen molar-refractivity contribution in [2.24, 2.45) is 5.10 Å². The molecule has 0 bridgehead atoms. The summed E-state index contributed by atoms with van der Waals surface area (Å²) in [4.78, 5) is 2.49. The highest BCUT2D eigenvalue weighted by Gasteiger charge is 2.10. The highest BCUT2D eigenvalue weighted by Crippen LogP contribution is 2.20. The molecular weight excluding hydrogens is 304 g/mol. The number of anilines is 1. The van der Waals surface area contributed by atoms with Crippen LogP contribution in [0, 0.1) is 0 Å². The van der Waals surface area contributed by atoms with Gasteiger partial charge < -0.3 is 10.2 Å². The first-order valence-corrected chi connectivity index (χ1v) is 8.93. The summed E-state index contributed by atoms with van der Waals surface area (Å²) in [6.45, 7) is 8.43. The van der Waals surface area contributed by atoms with E-state index in [0.29, 0.717) is 11.2 Å². The number of nitrogens with zero attached hydrogens (tertiary/aromatic N) is 2. The summed E-state index contributed by atoms with van der Waals surface area (Å²) in [6, 6.07) is 8.98. The molecule has 0 atom stereocenters. The van der Waals surface area contributed by atoms with Gasteiger partial charge in [0.2, 0.25) is 0 Å². The second-order valence-electron chi connectivity index (χ2n) is 6.39. The fraction of sp³-hybridized carbons (Fsp3) is 0.556. The third-order valence-corrected chi connectivity index (χ3v) is 4.21. The molecular formula is C18H28N4S. The van der Waals surface area contributed by atoms with Crippen molar-refractivity contribution in [2.75, 3.05) is 18.0 Å². The summed E-state index contributed by atoms with van der Waals surface area (Å²) in [6.07, 6.45) is 5.31. The lowest BCUT2D eigenvalue weighted by Crippen LogP contribution is -2.37. The first-order chi connectivity index (χ1) is 11.1. The Morgan fingerprint density at radius 3 is 2.26 bits per heavy atom. The highest BCUT2D eigenvalue weighted by atomic mass is 32.1. The smallest absolute Gasteiger partial charge is 0.187 e. The van der Waals surface area contributed by atoms with Crippen molar-refractivity contribution < 1.29 is 0 Å². The van der Waals surface area contributed by atoms with Crippen molar-refractivity contribution in [1.29, 1.82) is 0 Å². The van der Waals surface area contributed by atoms with Crippen LogP contribution in [0.3, 0.4) is 0 Å². The molecule has 1 saturated heterocycles. The van der Waals surface area contributed by atoms with E-state index >= 15 is 0 Å². The van der Waals surface area contributed by atoms with Gasteiger partial charge in [-0.25, -0.2) is 0 Å². The van der Waals surface area contributed by atoms with Gasteiger partial charge in [-0.2, -0.15) is 5.10 Å². The first kappa shape index (κ1) is 17.7. The topological polar surface area (TPSA) is 39.7 Å². The second kappa shape index (κ2) is 8.87. The average molecular weight is 333 g/mol. The predicted molar refractivity (Wildman–Crippen MR) is 103 cm³/mol. The van der Waals surface area contributed by atoms with Crippen molar-refractivity contribution >= 4 is 28.7 Å². The molecule has 1 aromatic rings. The number of benzene rings is 1. The molecule has 1 heterocycles. The highest BCUT2D eigenvalue weighted by molar-refractivity contribution is 7.80. The zero-order chi connectivity index (χ0) is 16.7. The average Bonchev–Trinajstić information content (AvgIpc) is 2.81. The SMILES string of the molecule is C/C(=N/NC(=S)NC(C)C)c1ccc(N2CCCCCC2)cc1. The lowest BCUT2D eigenvalue weighted by atomic mass is 10.1. The van der Waals surface area contributed by atoms with Crippen LogP contribution < -0.4 is 15.6 Å². The monoisotopic (exact) mass is 332 g/mol. The van der Waals surface area contributed by atoms with Crippen LogP contribution in [0.25, 0.3) is 0 Å². The molecule has 2 rings (SSSR count). The molecule has 0 radical (unpaired) electrons. The van der Waals surface area contributed by atoms with Gasteiger partial charge in [-0.05, 0) is 63.5 Å². The Bertz CT molecular complexity index is 528. The van der Waals surface area contributed by atoms with E-state index in [9.17, 15) is 0 Å². The van der Waals surface area contributed by atoms with Crippen LogP contribution in [0.15, 0.2) is 29.4 Å². The third-order valence-electron chi connectivity index (χ3n) is 4.00. The van der Waals surface area contributed by atoms with Crippen LogP contribution in [-0.2, 0) is 0 Å². The zero-order valence-corrected chi connectivity index (χ0v) is 15.2. The van der Waals surface area contributed by atoms with Crippen LogP contribution in [0.4, 0.5) is 5.69 Å². The minimum atomic E-state index is 0.304. The van der Waals surface area contributed by atoms with Crippen molar-refractivity contribution in [2.45, 2.75) is 52.5 Å². The van der Waals surface area contributed by atoms with E-state index in [2.05, 4.69) is 45.0 Å². The molecule has 1 fully saturated rings. The summed E-state index contributed by atoms with van der Waals surface area (Å²) in [5.74, 6) is 0. The van der Waals surface area contributed by atoms with Gasteiger partial charge in [0, 0.05) is 24.8 Å². The van der Waals surface area contributed by atoms with Crippen LogP contribution in [0.2, 0.25) is 0 Å². The maximum atomic E-state index is 5.18. The predicted octanol–water partition coefficient (Wildman–Crippen LogP) is 3.66. The minimum absolute atomic E-state index is 0.304. The minimum Gasteiger partial charge on any atom is -0.372 e. The number of thiocarbonyl (C=S) groups is 1. The van der Waals surface area contributed by atoms with E-state index in [4.69, 9.17) is 12.2 Å². The molecule has 1 aliphatic heterocycles. The number of rotatable bonds is 4. The molecule has 23 heavy (non-hydrogen) atoms. The summed E-state index contributed by atoms with van der Waals surface area (Å²) < 4.78 is 0. The Labute approximate surface area is 145 Å². The van der Waals surface area contributed by atoms with Gasteiger partial charge in [-0.15, -0.1) is 0 Å². The van der Waals surface area contributed by atoms with Gasteiger partial charge in [0.15, 0.2) is 5.11 Å². The van der Waals surface area contributed by atoms with E-state index < -0.39 is 0 Å². The number of hydrogen-bond donors (Lipinski definition) is 2. The maximum Gasteiger partial charge on any atom is 0.187 e. The molecule has 5 heteroatoms. The molecule has 0 unspecified atom stereocenters. The zero-order valence-electron chi connectivity index (χ0n) is 14.4. The van der Waals surface area contributed by atoms with Gasteiger partial charge in [-0.1, -0.05) is 25.0 Å². The molecule has 126 valence electrons. The lowest BCUT2D eigenvalue weighted by molar-refractivity contribution is 0.719. The largest absolute Gasteiger partial charge is 0.372 e. The molecule has 4 nitrogen and oxygen atoms in total. The molecule has 1 aliphatic rings. The lowest BCUT2D eigenvalue weighted by Gasteiger charge is -2.22. The maximum absolute atomic E-state index is 5.18. The first-order valence-electron chi connectivity index (χ1n) is 8.52. The standard InChI is InChI=1S/C18H28N4S/c1-14(2)19-18(23)21-20-15(3)16-8-10-17(11-9-16)22-12-6-4-5-7-13-22/h8-11,14H,4-7,12-13H2,1-3H3,(H2,19,21,23)/b20-15-.